The number of allylic oxidation sites excluding steroid dienone is 2. The van der Waals surface area contributed by atoms with E-state index in [1.165, 1.54) is 26.1 Å². The van der Waals surface area contributed by atoms with Crippen molar-refractivity contribution in [1.29, 1.82) is 0 Å². The summed E-state index contributed by atoms with van der Waals surface area (Å²) in [6, 6.07) is 4.86. The Morgan fingerprint density at radius 3 is 2.70 bits per heavy atom. The summed E-state index contributed by atoms with van der Waals surface area (Å²) >= 11 is 0. The number of carbonyl (C=O) groups excluding carboxylic acids is 1. The van der Waals surface area contributed by atoms with Gasteiger partial charge in [-0.2, -0.15) is 0 Å². The molecule has 2 aromatic rings. The van der Waals surface area contributed by atoms with E-state index >= 15 is 0 Å². The van der Waals surface area contributed by atoms with Crippen molar-refractivity contribution in [3.63, 3.8) is 0 Å². The molecule has 1 N–H and O–H groups in total. The van der Waals surface area contributed by atoms with E-state index < -0.39 is 5.67 Å². The maximum Gasteiger partial charge on any atom is 0.255 e. The Labute approximate surface area is 159 Å². The lowest BCUT2D eigenvalue weighted by Crippen LogP contribution is -2.17. The number of halogens is 1. The van der Waals surface area contributed by atoms with Gasteiger partial charge in [-0.3, -0.25) is 19.8 Å². The summed E-state index contributed by atoms with van der Waals surface area (Å²) in [5.74, 6) is -0.348. The third-order valence-corrected chi connectivity index (χ3v) is 3.90. The van der Waals surface area contributed by atoms with E-state index in [0.29, 0.717) is 17.8 Å². The molecule has 0 fully saturated rings. The lowest BCUT2D eigenvalue weighted by molar-refractivity contribution is 0.102. The number of hydrogen-bond acceptors (Lipinski definition) is 4. The highest BCUT2D eigenvalue weighted by molar-refractivity contribution is 6.10. The van der Waals surface area contributed by atoms with E-state index in [2.05, 4.69) is 20.3 Å². The molecule has 0 unspecified atom stereocenters. The van der Waals surface area contributed by atoms with Crippen molar-refractivity contribution in [1.82, 2.24) is 9.97 Å². The standard InChI is InChI=1S/C21H25FN4O/c1-6-8-18(23-7-2)17-12-16(13-25-14(17)3)26-20(27)15-9-10-24-19(11-15)21(4,5)22/h6,8-13H,7H2,1-5H3,(H,26,27)/b8-6-,23-18+. The van der Waals surface area contributed by atoms with Gasteiger partial charge in [-0.25, -0.2) is 4.39 Å². The van der Waals surface area contributed by atoms with Gasteiger partial charge in [-0.05, 0) is 58.9 Å². The average Bonchev–Trinajstić information content (AvgIpc) is 2.62. The van der Waals surface area contributed by atoms with Gasteiger partial charge >= 0.3 is 0 Å². The molecule has 0 aromatic carbocycles. The Morgan fingerprint density at radius 2 is 2.07 bits per heavy atom. The van der Waals surface area contributed by atoms with Crippen molar-refractivity contribution in [2.45, 2.75) is 40.3 Å². The number of carbonyl (C=O) groups is 1. The number of aromatic nitrogens is 2. The second-order valence-corrected chi connectivity index (χ2v) is 6.57. The number of aryl methyl sites for hydroxylation is 1. The Morgan fingerprint density at radius 1 is 1.33 bits per heavy atom. The number of alkyl halides is 1. The molecule has 5 nitrogen and oxygen atoms in total. The molecule has 0 spiro atoms. The van der Waals surface area contributed by atoms with Crippen LogP contribution in [0.2, 0.25) is 0 Å². The van der Waals surface area contributed by atoms with Gasteiger partial charge in [0.2, 0.25) is 0 Å². The van der Waals surface area contributed by atoms with E-state index in [-0.39, 0.29) is 11.6 Å². The summed E-state index contributed by atoms with van der Waals surface area (Å²) in [6.07, 6.45) is 6.85. The van der Waals surface area contributed by atoms with Gasteiger partial charge in [0.25, 0.3) is 5.91 Å². The summed E-state index contributed by atoms with van der Waals surface area (Å²) < 4.78 is 14.1. The topological polar surface area (TPSA) is 67.2 Å². The number of amides is 1. The summed E-state index contributed by atoms with van der Waals surface area (Å²) in [6.45, 7) is 9.24. The van der Waals surface area contributed by atoms with Crippen LogP contribution in [0.1, 0.15) is 55.0 Å². The van der Waals surface area contributed by atoms with Crippen LogP contribution in [0, 0.1) is 6.92 Å². The Hall–Kier alpha value is -2.89. The quantitative estimate of drug-likeness (QED) is 0.756. The van der Waals surface area contributed by atoms with Crippen LogP contribution in [0.15, 0.2) is 47.7 Å². The molecule has 0 aliphatic rings. The number of pyridine rings is 2. The maximum absolute atomic E-state index is 14.1. The smallest absolute Gasteiger partial charge is 0.255 e. The van der Waals surface area contributed by atoms with Crippen LogP contribution in [0.3, 0.4) is 0 Å². The summed E-state index contributed by atoms with van der Waals surface area (Å²) in [5, 5.41) is 2.81. The number of aliphatic imine (C=N–C) groups is 1. The molecule has 0 atom stereocenters. The molecular formula is C21H25FN4O. The van der Waals surface area contributed by atoms with Gasteiger partial charge in [-0.15, -0.1) is 0 Å². The van der Waals surface area contributed by atoms with Crippen LogP contribution in [0.25, 0.3) is 0 Å². The molecule has 6 heteroatoms. The van der Waals surface area contributed by atoms with Crippen LogP contribution in [0.4, 0.5) is 10.1 Å². The minimum atomic E-state index is -1.62. The average molecular weight is 368 g/mol. The number of rotatable bonds is 6. The first-order valence-electron chi connectivity index (χ1n) is 8.87. The Balaban J connectivity index is 2.32. The van der Waals surface area contributed by atoms with Gasteiger partial charge in [0.05, 0.1) is 23.3 Å². The molecule has 0 radical (unpaired) electrons. The molecule has 0 saturated carbocycles. The van der Waals surface area contributed by atoms with E-state index in [0.717, 1.165) is 17.0 Å². The fraction of sp³-hybridized carbons (Fsp3) is 0.333. The van der Waals surface area contributed by atoms with Crippen LogP contribution in [0.5, 0.6) is 0 Å². The van der Waals surface area contributed by atoms with Gasteiger partial charge in [0, 0.05) is 29.6 Å². The highest BCUT2D eigenvalue weighted by Gasteiger charge is 2.22. The van der Waals surface area contributed by atoms with E-state index in [1.807, 2.05) is 39.0 Å². The minimum absolute atomic E-state index is 0.211. The molecule has 0 aliphatic carbocycles. The largest absolute Gasteiger partial charge is 0.321 e. The van der Waals surface area contributed by atoms with Crippen molar-refractivity contribution in [2.75, 3.05) is 11.9 Å². The van der Waals surface area contributed by atoms with Crippen molar-refractivity contribution in [3.8, 4) is 0 Å². The van der Waals surface area contributed by atoms with Gasteiger partial charge in [0.1, 0.15) is 5.67 Å². The fourth-order valence-electron chi connectivity index (χ4n) is 2.52. The minimum Gasteiger partial charge on any atom is -0.321 e. The third-order valence-electron chi connectivity index (χ3n) is 3.90. The van der Waals surface area contributed by atoms with E-state index in [4.69, 9.17) is 0 Å². The summed E-state index contributed by atoms with van der Waals surface area (Å²) in [5.41, 5.74) is 1.97. The Bertz CT molecular complexity index is 882. The first kappa shape index (κ1) is 20.4. The second-order valence-electron chi connectivity index (χ2n) is 6.57. The lowest BCUT2D eigenvalue weighted by atomic mass is 10.0. The monoisotopic (exact) mass is 368 g/mol. The fourth-order valence-corrected chi connectivity index (χ4v) is 2.52. The molecule has 27 heavy (non-hydrogen) atoms. The van der Waals surface area contributed by atoms with Gasteiger partial charge in [0.15, 0.2) is 0 Å². The predicted molar refractivity (Wildman–Crippen MR) is 107 cm³/mol. The predicted octanol–water partition coefficient (Wildman–Crippen LogP) is 4.63. The SMILES string of the molecule is C/C=C\C(=N/CC)c1cc(NC(=O)c2ccnc(C(C)(C)F)c2)cnc1C. The molecule has 0 saturated heterocycles. The second kappa shape index (κ2) is 8.66. The molecule has 0 bridgehead atoms. The van der Waals surface area contributed by atoms with Crippen molar-refractivity contribution in [3.05, 3.63) is 65.3 Å². The first-order valence-corrected chi connectivity index (χ1v) is 8.87. The van der Waals surface area contributed by atoms with Crippen LogP contribution in [-0.4, -0.2) is 28.1 Å². The zero-order chi connectivity index (χ0) is 20.0. The molecule has 2 heterocycles. The molecule has 1 amide bonds. The van der Waals surface area contributed by atoms with Crippen LogP contribution < -0.4 is 5.32 Å². The van der Waals surface area contributed by atoms with Crippen molar-refractivity contribution in [2.24, 2.45) is 4.99 Å². The number of anilines is 1. The maximum atomic E-state index is 14.1. The molecule has 2 aromatic heterocycles. The normalized spacial score (nSPS) is 12.4. The molecule has 2 rings (SSSR count). The summed E-state index contributed by atoms with van der Waals surface area (Å²) in [7, 11) is 0. The van der Waals surface area contributed by atoms with Crippen LogP contribution >= 0.6 is 0 Å². The summed E-state index contributed by atoms with van der Waals surface area (Å²) in [4.78, 5) is 25.4. The first-order chi connectivity index (χ1) is 12.8. The zero-order valence-corrected chi connectivity index (χ0v) is 16.4. The molecule has 0 aliphatic heterocycles. The molecule has 142 valence electrons. The van der Waals surface area contributed by atoms with Crippen molar-refractivity contribution < 1.29 is 9.18 Å². The number of nitrogens with one attached hydrogen (secondary N) is 1. The highest BCUT2D eigenvalue weighted by Crippen LogP contribution is 2.23. The lowest BCUT2D eigenvalue weighted by Gasteiger charge is -2.14. The van der Waals surface area contributed by atoms with Gasteiger partial charge in [-0.1, -0.05) is 6.08 Å². The zero-order valence-electron chi connectivity index (χ0n) is 16.4. The van der Waals surface area contributed by atoms with Crippen LogP contribution in [-0.2, 0) is 5.67 Å². The van der Waals surface area contributed by atoms with E-state index in [9.17, 15) is 9.18 Å². The number of nitrogens with zero attached hydrogens (tertiary/aromatic N) is 3. The van der Waals surface area contributed by atoms with E-state index in [1.54, 1.807) is 12.3 Å². The van der Waals surface area contributed by atoms with Crippen molar-refractivity contribution >= 4 is 17.3 Å². The highest BCUT2D eigenvalue weighted by atomic mass is 19.1. The Kier molecular flexibility index (Phi) is 6.55. The number of hydrogen-bond donors (Lipinski definition) is 1. The molecular weight excluding hydrogens is 343 g/mol. The van der Waals surface area contributed by atoms with Gasteiger partial charge < -0.3 is 5.32 Å². The third kappa shape index (κ3) is 5.29.